The molecule has 5 unspecified atom stereocenters. The summed E-state index contributed by atoms with van der Waals surface area (Å²) in [5.41, 5.74) is 3.29. The molecule has 1 aromatic carbocycles. The van der Waals surface area contributed by atoms with E-state index < -0.39 is 0 Å². The van der Waals surface area contributed by atoms with Crippen molar-refractivity contribution in [1.82, 2.24) is 0 Å². The van der Waals surface area contributed by atoms with Crippen LogP contribution in [0.3, 0.4) is 0 Å². The Labute approximate surface area is 178 Å². The average molecular weight is 397 g/mol. The highest BCUT2D eigenvalue weighted by atomic mass is 19.1. The summed E-state index contributed by atoms with van der Waals surface area (Å²) in [7, 11) is 0. The molecule has 5 atom stereocenters. The minimum atomic E-state index is 0.114. The van der Waals surface area contributed by atoms with Gasteiger partial charge in [0.1, 0.15) is 5.82 Å². The number of fused-ring (bicyclic) bond motifs is 2. The first kappa shape index (κ1) is 21.1. The smallest absolute Gasteiger partial charge is 0.129 e. The number of allylic oxidation sites excluding steroid dienone is 2. The first-order valence-corrected chi connectivity index (χ1v) is 12.6. The Morgan fingerprint density at radius 2 is 1.72 bits per heavy atom. The highest BCUT2D eigenvalue weighted by Gasteiger charge is 2.38. The molecule has 2 saturated carbocycles. The fourth-order valence-corrected chi connectivity index (χ4v) is 7.01. The van der Waals surface area contributed by atoms with E-state index in [1.54, 1.807) is 0 Å². The highest BCUT2D eigenvalue weighted by Crippen LogP contribution is 2.49. The Morgan fingerprint density at radius 3 is 2.52 bits per heavy atom. The molecule has 0 saturated heterocycles. The lowest BCUT2D eigenvalue weighted by atomic mass is 9.61. The molecule has 3 aliphatic carbocycles. The standard InChI is InChI=1S/C28H41F/c1-3-5-6-8-21-11-14-26-19-25(15-16-27(26)28(21)29)24-13-12-22-17-20(7-4-2)9-10-23(22)18-24/h3,5,11,14,20,22-25H,4,6-10,12-13,15-19H2,1-2H3/b5-3+. The van der Waals surface area contributed by atoms with E-state index in [9.17, 15) is 0 Å². The fourth-order valence-electron chi connectivity index (χ4n) is 7.01. The molecule has 29 heavy (non-hydrogen) atoms. The highest BCUT2D eigenvalue weighted by molar-refractivity contribution is 5.36. The minimum absolute atomic E-state index is 0.114. The predicted molar refractivity (Wildman–Crippen MR) is 122 cm³/mol. The number of halogens is 1. The molecule has 0 bridgehead atoms. The van der Waals surface area contributed by atoms with Crippen LogP contribution in [0.2, 0.25) is 0 Å². The molecular formula is C28H41F. The van der Waals surface area contributed by atoms with Gasteiger partial charge in [-0.3, -0.25) is 0 Å². The SMILES string of the molecule is C/C=C/CCc1ccc2c(c1F)CCC(C1CCC3CC(CCC)CCC3C1)C2. The summed E-state index contributed by atoms with van der Waals surface area (Å²) in [6, 6.07) is 4.34. The monoisotopic (exact) mass is 396 g/mol. The summed E-state index contributed by atoms with van der Waals surface area (Å²) in [5, 5.41) is 0. The summed E-state index contributed by atoms with van der Waals surface area (Å²) >= 11 is 0. The van der Waals surface area contributed by atoms with Crippen LogP contribution in [0.5, 0.6) is 0 Å². The first-order valence-electron chi connectivity index (χ1n) is 12.6. The van der Waals surface area contributed by atoms with Gasteiger partial charge < -0.3 is 0 Å². The molecule has 0 nitrogen and oxygen atoms in total. The molecule has 0 N–H and O–H groups in total. The van der Waals surface area contributed by atoms with Crippen molar-refractivity contribution in [2.24, 2.45) is 29.6 Å². The van der Waals surface area contributed by atoms with Gasteiger partial charge in [0.2, 0.25) is 0 Å². The van der Waals surface area contributed by atoms with Crippen molar-refractivity contribution in [3.8, 4) is 0 Å². The quantitative estimate of drug-likeness (QED) is 0.426. The molecule has 160 valence electrons. The molecule has 0 spiro atoms. The van der Waals surface area contributed by atoms with E-state index in [-0.39, 0.29) is 5.82 Å². The van der Waals surface area contributed by atoms with Crippen LogP contribution < -0.4 is 0 Å². The Hall–Kier alpha value is -1.11. The molecule has 1 heteroatoms. The van der Waals surface area contributed by atoms with E-state index in [1.807, 2.05) is 6.92 Å². The molecule has 1 aromatic rings. The van der Waals surface area contributed by atoms with Crippen molar-refractivity contribution in [3.05, 3.63) is 46.8 Å². The maximum absolute atomic E-state index is 15.0. The van der Waals surface area contributed by atoms with Crippen molar-refractivity contribution in [2.45, 2.75) is 97.3 Å². The third-order valence-electron chi connectivity index (χ3n) is 8.61. The van der Waals surface area contributed by atoms with Crippen LogP contribution in [0.25, 0.3) is 0 Å². The lowest BCUT2D eigenvalue weighted by Crippen LogP contribution is -2.35. The van der Waals surface area contributed by atoms with Crippen molar-refractivity contribution < 1.29 is 4.39 Å². The van der Waals surface area contributed by atoms with E-state index >= 15 is 4.39 Å². The molecule has 2 fully saturated rings. The van der Waals surface area contributed by atoms with E-state index in [4.69, 9.17) is 0 Å². The number of rotatable bonds is 6. The predicted octanol–water partition coefficient (Wildman–Crippen LogP) is 8.07. The van der Waals surface area contributed by atoms with Crippen LogP contribution in [-0.4, -0.2) is 0 Å². The number of aryl methyl sites for hydroxylation is 1. The Kier molecular flexibility index (Phi) is 7.14. The van der Waals surface area contributed by atoms with Crippen LogP contribution >= 0.6 is 0 Å². The zero-order valence-electron chi connectivity index (χ0n) is 18.8. The van der Waals surface area contributed by atoms with E-state index in [0.29, 0.717) is 0 Å². The van der Waals surface area contributed by atoms with Gasteiger partial charge in [-0.25, -0.2) is 4.39 Å². The molecule has 0 aromatic heterocycles. The summed E-state index contributed by atoms with van der Waals surface area (Å²) in [4.78, 5) is 0. The molecule has 0 amide bonds. The second-order valence-corrected chi connectivity index (χ2v) is 10.3. The largest absolute Gasteiger partial charge is 0.206 e. The van der Waals surface area contributed by atoms with Crippen molar-refractivity contribution in [2.75, 3.05) is 0 Å². The van der Waals surface area contributed by atoms with Crippen molar-refractivity contribution >= 4 is 0 Å². The third-order valence-corrected chi connectivity index (χ3v) is 8.61. The zero-order valence-corrected chi connectivity index (χ0v) is 18.8. The summed E-state index contributed by atoms with van der Waals surface area (Å²) in [5.74, 6) is 4.83. The van der Waals surface area contributed by atoms with Crippen molar-refractivity contribution in [3.63, 3.8) is 0 Å². The lowest BCUT2D eigenvalue weighted by Gasteiger charge is -2.45. The van der Waals surface area contributed by atoms with Gasteiger partial charge in [0.15, 0.2) is 0 Å². The number of hydrogen-bond acceptors (Lipinski definition) is 0. The number of hydrogen-bond donors (Lipinski definition) is 0. The van der Waals surface area contributed by atoms with Gasteiger partial charge in [-0.05, 0) is 117 Å². The molecule has 0 radical (unpaired) electrons. The van der Waals surface area contributed by atoms with Gasteiger partial charge in [0, 0.05) is 0 Å². The second-order valence-electron chi connectivity index (χ2n) is 10.3. The van der Waals surface area contributed by atoms with Crippen LogP contribution in [0.1, 0.15) is 94.7 Å². The van der Waals surface area contributed by atoms with Gasteiger partial charge in [-0.2, -0.15) is 0 Å². The topological polar surface area (TPSA) is 0 Å². The minimum Gasteiger partial charge on any atom is -0.206 e. The zero-order chi connectivity index (χ0) is 20.2. The average Bonchev–Trinajstić information content (AvgIpc) is 2.75. The van der Waals surface area contributed by atoms with E-state index in [2.05, 4.69) is 31.2 Å². The number of benzene rings is 1. The maximum Gasteiger partial charge on any atom is 0.129 e. The summed E-state index contributed by atoms with van der Waals surface area (Å²) in [6.07, 6.45) is 20.9. The van der Waals surface area contributed by atoms with E-state index in [0.717, 1.165) is 66.4 Å². The molecule has 4 rings (SSSR count). The molecule has 3 aliphatic rings. The van der Waals surface area contributed by atoms with Gasteiger partial charge >= 0.3 is 0 Å². The fraction of sp³-hybridized carbons (Fsp3) is 0.714. The van der Waals surface area contributed by atoms with Gasteiger partial charge in [0.25, 0.3) is 0 Å². The maximum atomic E-state index is 15.0. The van der Waals surface area contributed by atoms with Crippen LogP contribution in [0.15, 0.2) is 24.3 Å². The first-order chi connectivity index (χ1) is 14.2. The summed E-state index contributed by atoms with van der Waals surface area (Å²) in [6.45, 7) is 4.38. The molecule has 0 heterocycles. The summed E-state index contributed by atoms with van der Waals surface area (Å²) < 4.78 is 15.0. The van der Waals surface area contributed by atoms with E-state index in [1.165, 1.54) is 63.4 Å². The Morgan fingerprint density at radius 1 is 0.966 bits per heavy atom. The Bertz CT molecular complexity index is 703. The van der Waals surface area contributed by atoms with Crippen LogP contribution in [0, 0.1) is 35.4 Å². The lowest BCUT2D eigenvalue weighted by molar-refractivity contribution is 0.0693. The van der Waals surface area contributed by atoms with Gasteiger partial charge in [0.05, 0.1) is 0 Å². The van der Waals surface area contributed by atoms with Crippen LogP contribution in [0.4, 0.5) is 4.39 Å². The van der Waals surface area contributed by atoms with Crippen molar-refractivity contribution in [1.29, 1.82) is 0 Å². The van der Waals surface area contributed by atoms with Crippen LogP contribution in [-0.2, 0) is 19.3 Å². The Balaban J connectivity index is 1.36. The molecular weight excluding hydrogens is 355 g/mol. The second kappa shape index (κ2) is 9.80. The van der Waals surface area contributed by atoms with Gasteiger partial charge in [-0.15, -0.1) is 0 Å². The normalized spacial score (nSPS) is 32.2. The molecule has 0 aliphatic heterocycles. The third kappa shape index (κ3) is 4.80. The van der Waals surface area contributed by atoms with Gasteiger partial charge in [-0.1, -0.05) is 50.5 Å².